The van der Waals surface area contributed by atoms with Crippen LogP contribution in [0.15, 0.2) is 0 Å². The lowest BCUT2D eigenvalue weighted by Crippen LogP contribution is -2.04. The quantitative estimate of drug-likeness (QED) is 0.545. The number of halogens is 1. The first-order valence-corrected chi connectivity index (χ1v) is 3.02. The second kappa shape index (κ2) is 3.62. The van der Waals surface area contributed by atoms with Gasteiger partial charge in [0.25, 0.3) is 0 Å². The van der Waals surface area contributed by atoms with E-state index in [1.165, 1.54) is 0 Å². The molecule has 0 fully saturated rings. The minimum absolute atomic E-state index is 0.352. The molecule has 0 N–H and O–H groups in total. The number of alkyl halides is 1. The Morgan fingerprint density at radius 3 is 2.33 bits per heavy atom. The van der Waals surface area contributed by atoms with E-state index in [2.05, 4.69) is 15.9 Å². The van der Waals surface area contributed by atoms with Crippen LogP contribution in [0, 0.1) is 0 Å². The van der Waals surface area contributed by atoms with Crippen LogP contribution >= 0.6 is 15.9 Å². The molecule has 0 aromatic heterocycles. The lowest BCUT2D eigenvalue weighted by Gasteiger charge is -2.00. The van der Waals surface area contributed by atoms with Gasteiger partial charge in [0.15, 0.2) is 0 Å². The highest BCUT2D eigenvalue weighted by Gasteiger charge is 1.90. The maximum Gasteiger partial charge on any atom is 0.0639 e. The molecule has 0 unspecified atom stereocenters. The summed E-state index contributed by atoms with van der Waals surface area (Å²) in [6, 6.07) is 0. The van der Waals surface area contributed by atoms with Crippen molar-refractivity contribution in [3.63, 3.8) is 0 Å². The molecule has 0 spiro atoms. The Bertz CT molecular complexity index is 26.7. The molecule has 1 nitrogen and oxygen atoms in total. The minimum atomic E-state index is 0.352. The second-order valence-electron chi connectivity index (χ2n) is 1.20. The van der Waals surface area contributed by atoms with Crippen LogP contribution in [0.4, 0.5) is 0 Å². The molecule has 0 saturated carbocycles. The van der Waals surface area contributed by atoms with Gasteiger partial charge < -0.3 is 4.74 Å². The SMILES string of the molecule is CO[C@H](C)CBr. The summed E-state index contributed by atoms with van der Waals surface area (Å²) in [5.41, 5.74) is 0. The van der Waals surface area contributed by atoms with Gasteiger partial charge in [0.05, 0.1) is 6.10 Å². The number of methoxy groups -OCH3 is 1. The summed E-state index contributed by atoms with van der Waals surface area (Å²) in [5.74, 6) is 0. The molecule has 6 heavy (non-hydrogen) atoms. The summed E-state index contributed by atoms with van der Waals surface area (Å²) in [4.78, 5) is 0. The van der Waals surface area contributed by atoms with Gasteiger partial charge >= 0.3 is 0 Å². The number of hydrogen-bond donors (Lipinski definition) is 0. The van der Waals surface area contributed by atoms with Crippen molar-refractivity contribution >= 4 is 15.9 Å². The molecule has 0 rings (SSSR count). The predicted molar refractivity (Wildman–Crippen MR) is 30.3 cm³/mol. The zero-order valence-electron chi connectivity index (χ0n) is 4.07. The maximum atomic E-state index is 4.85. The van der Waals surface area contributed by atoms with E-state index in [9.17, 15) is 0 Å². The van der Waals surface area contributed by atoms with Crippen LogP contribution < -0.4 is 0 Å². The van der Waals surface area contributed by atoms with Crippen molar-refractivity contribution in [2.75, 3.05) is 12.4 Å². The van der Waals surface area contributed by atoms with Crippen molar-refractivity contribution in [3.8, 4) is 0 Å². The fourth-order valence-electron chi connectivity index (χ4n) is 0.0630. The number of hydrogen-bond acceptors (Lipinski definition) is 1. The lowest BCUT2D eigenvalue weighted by molar-refractivity contribution is 0.139. The molecule has 0 amide bonds. The fraction of sp³-hybridized carbons (Fsp3) is 1.00. The van der Waals surface area contributed by atoms with Gasteiger partial charge in [-0.2, -0.15) is 0 Å². The molecule has 2 heteroatoms. The third kappa shape index (κ3) is 2.67. The Morgan fingerprint density at radius 2 is 2.33 bits per heavy atom. The molecule has 0 bridgehead atoms. The van der Waals surface area contributed by atoms with Crippen LogP contribution in [0.2, 0.25) is 0 Å². The van der Waals surface area contributed by atoms with Gasteiger partial charge in [0, 0.05) is 12.4 Å². The van der Waals surface area contributed by atoms with Crippen molar-refractivity contribution in [2.24, 2.45) is 0 Å². The molecular formula is C4H9BrO. The largest absolute Gasteiger partial charge is 0.381 e. The van der Waals surface area contributed by atoms with E-state index in [0.717, 1.165) is 5.33 Å². The van der Waals surface area contributed by atoms with E-state index in [1.807, 2.05) is 6.92 Å². The standard InChI is InChI=1S/C4H9BrO/c1-4(3-5)6-2/h4H,3H2,1-2H3/t4-/m1/s1. The number of ether oxygens (including phenoxy) is 1. The van der Waals surface area contributed by atoms with Gasteiger partial charge in [-0.3, -0.25) is 0 Å². The van der Waals surface area contributed by atoms with E-state index in [0.29, 0.717) is 6.10 Å². The second-order valence-corrected chi connectivity index (χ2v) is 1.85. The first kappa shape index (κ1) is 6.44. The first-order chi connectivity index (χ1) is 2.81. The highest BCUT2D eigenvalue weighted by Crippen LogP contribution is 1.90. The normalized spacial score (nSPS) is 14.5. The van der Waals surface area contributed by atoms with Gasteiger partial charge in [0.1, 0.15) is 0 Å². The van der Waals surface area contributed by atoms with E-state index < -0.39 is 0 Å². The van der Waals surface area contributed by atoms with Gasteiger partial charge in [0.2, 0.25) is 0 Å². The molecule has 0 aliphatic rings. The molecule has 0 radical (unpaired) electrons. The molecule has 0 aromatic rings. The van der Waals surface area contributed by atoms with Crippen molar-refractivity contribution < 1.29 is 4.74 Å². The summed E-state index contributed by atoms with van der Waals surface area (Å²) >= 11 is 3.25. The van der Waals surface area contributed by atoms with Gasteiger partial charge in [-0.15, -0.1) is 0 Å². The smallest absolute Gasteiger partial charge is 0.0639 e. The molecular weight excluding hydrogens is 144 g/mol. The van der Waals surface area contributed by atoms with E-state index >= 15 is 0 Å². The number of rotatable bonds is 2. The van der Waals surface area contributed by atoms with Crippen molar-refractivity contribution in [2.45, 2.75) is 13.0 Å². The summed E-state index contributed by atoms with van der Waals surface area (Å²) < 4.78 is 4.85. The fourth-order valence-corrected chi connectivity index (χ4v) is 0.327. The highest BCUT2D eigenvalue weighted by molar-refractivity contribution is 9.09. The third-order valence-electron chi connectivity index (χ3n) is 0.620. The van der Waals surface area contributed by atoms with Crippen LogP contribution in [0.25, 0.3) is 0 Å². The van der Waals surface area contributed by atoms with Crippen LogP contribution in [0.1, 0.15) is 6.92 Å². The van der Waals surface area contributed by atoms with Crippen molar-refractivity contribution in [3.05, 3.63) is 0 Å². The van der Waals surface area contributed by atoms with Gasteiger partial charge in [-0.25, -0.2) is 0 Å². The van der Waals surface area contributed by atoms with Crippen LogP contribution in [-0.2, 0) is 4.74 Å². The average molecular weight is 153 g/mol. The molecule has 0 heterocycles. The summed E-state index contributed by atoms with van der Waals surface area (Å²) in [6.07, 6.45) is 0.352. The summed E-state index contributed by atoms with van der Waals surface area (Å²) in [5, 5.41) is 0.920. The molecule has 0 aliphatic carbocycles. The zero-order valence-corrected chi connectivity index (χ0v) is 5.66. The van der Waals surface area contributed by atoms with E-state index in [4.69, 9.17) is 4.74 Å². The molecule has 38 valence electrons. The Hall–Kier alpha value is 0.440. The topological polar surface area (TPSA) is 9.23 Å². The zero-order chi connectivity index (χ0) is 4.99. The summed E-state index contributed by atoms with van der Waals surface area (Å²) in [6.45, 7) is 2.01. The Morgan fingerprint density at radius 1 is 1.83 bits per heavy atom. The van der Waals surface area contributed by atoms with Gasteiger partial charge in [-0.1, -0.05) is 15.9 Å². The highest BCUT2D eigenvalue weighted by atomic mass is 79.9. The third-order valence-corrected chi connectivity index (χ3v) is 1.53. The van der Waals surface area contributed by atoms with Crippen LogP contribution in [0.3, 0.4) is 0 Å². The van der Waals surface area contributed by atoms with Crippen LogP contribution in [0.5, 0.6) is 0 Å². The predicted octanol–water partition coefficient (Wildman–Crippen LogP) is 1.42. The Labute approximate surface area is 46.8 Å². The molecule has 0 aromatic carbocycles. The Balaban J connectivity index is 2.75. The first-order valence-electron chi connectivity index (χ1n) is 1.90. The van der Waals surface area contributed by atoms with Crippen molar-refractivity contribution in [1.29, 1.82) is 0 Å². The van der Waals surface area contributed by atoms with Gasteiger partial charge in [-0.05, 0) is 6.92 Å². The Kier molecular flexibility index (Phi) is 3.89. The van der Waals surface area contributed by atoms with E-state index in [-0.39, 0.29) is 0 Å². The molecule has 1 atom stereocenters. The van der Waals surface area contributed by atoms with Crippen LogP contribution in [-0.4, -0.2) is 18.5 Å². The molecule has 0 saturated heterocycles. The maximum absolute atomic E-state index is 4.85. The minimum Gasteiger partial charge on any atom is -0.381 e. The summed E-state index contributed by atoms with van der Waals surface area (Å²) in [7, 11) is 1.70. The average Bonchev–Trinajstić information content (AvgIpc) is 1.65. The molecule has 0 aliphatic heterocycles. The van der Waals surface area contributed by atoms with Crippen molar-refractivity contribution in [1.82, 2.24) is 0 Å². The monoisotopic (exact) mass is 152 g/mol. The lowest BCUT2D eigenvalue weighted by atomic mass is 10.5. The van der Waals surface area contributed by atoms with E-state index in [1.54, 1.807) is 7.11 Å².